The highest BCUT2D eigenvalue weighted by Gasteiger charge is 2.29. The molecule has 0 bridgehead atoms. The smallest absolute Gasteiger partial charge is 0.241 e. The second kappa shape index (κ2) is 7.58. The number of carbonyl (C=O) groups is 1. The Morgan fingerprint density at radius 3 is 2.26 bits per heavy atom. The van der Waals surface area contributed by atoms with Crippen molar-refractivity contribution in [2.75, 3.05) is 30.3 Å². The summed E-state index contributed by atoms with van der Waals surface area (Å²) in [6.07, 6.45) is 1.84. The Morgan fingerprint density at radius 2 is 1.70 bits per heavy atom. The lowest BCUT2D eigenvalue weighted by Gasteiger charge is -2.34. The number of hydrogen-bond donors (Lipinski definition) is 1. The van der Waals surface area contributed by atoms with Crippen LogP contribution in [0.5, 0.6) is 11.5 Å². The van der Waals surface area contributed by atoms with Crippen molar-refractivity contribution in [1.29, 1.82) is 0 Å². The Hall–Kier alpha value is -1.96. The molecule has 0 saturated heterocycles. The predicted octanol–water partition coefficient (Wildman–Crippen LogP) is 2.55. The lowest BCUT2D eigenvalue weighted by atomic mass is 9.82. The van der Waals surface area contributed by atoms with E-state index in [0.29, 0.717) is 30.4 Å². The van der Waals surface area contributed by atoms with Crippen LogP contribution in [0.15, 0.2) is 18.2 Å². The van der Waals surface area contributed by atoms with Gasteiger partial charge in [0.2, 0.25) is 15.9 Å². The van der Waals surface area contributed by atoms with Crippen molar-refractivity contribution in [3.63, 3.8) is 0 Å². The van der Waals surface area contributed by atoms with E-state index in [0.717, 1.165) is 17.0 Å². The van der Waals surface area contributed by atoms with Gasteiger partial charge in [-0.3, -0.25) is 9.10 Å². The summed E-state index contributed by atoms with van der Waals surface area (Å²) in [4.78, 5) is 12.6. The van der Waals surface area contributed by atoms with Crippen LogP contribution < -0.4 is 19.1 Å². The van der Waals surface area contributed by atoms with E-state index in [1.54, 1.807) is 18.2 Å². The Bertz CT molecular complexity index is 797. The summed E-state index contributed by atoms with van der Waals surface area (Å²) < 4.78 is 36.7. The van der Waals surface area contributed by atoms with Gasteiger partial charge >= 0.3 is 0 Å². The van der Waals surface area contributed by atoms with E-state index < -0.39 is 15.6 Å². The highest BCUT2D eigenvalue weighted by Crippen LogP contribution is 2.34. The average molecular weight is 399 g/mol. The van der Waals surface area contributed by atoms with Gasteiger partial charge in [0, 0.05) is 11.6 Å². The van der Waals surface area contributed by atoms with Crippen LogP contribution in [-0.4, -0.2) is 45.9 Å². The third-order valence-electron chi connectivity index (χ3n) is 3.95. The Morgan fingerprint density at radius 1 is 1.11 bits per heavy atom. The van der Waals surface area contributed by atoms with E-state index in [-0.39, 0.29) is 17.9 Å². The van der Waals surface area contributed by atoms with Gasteiger partial charge in [0.1, 0.15) is 19.8 Å². The number of nitrogens with one attached hydrogen (secondary N) is 1. The minimum absolute atomic E-state index is 0.0309. The first-order valence-electron chi connectivity index (χ1n) is 8.95. The lowest BCUT2D eigenvalue weighted by Crippen LogP contribution is -2.50. The topological polar surface area (TPSA) is 84.9 Å². The number of amides is 1. The van der Waals surface area contributed by atoms with Gasteiger partial charge in [0.25, 0.3) is 0 Å². The fourth-order valence-electron chi connectivity index (χ4n) is 3.50. The minimum atomic E-state index is -3.65. The maximum atomic E-state index is 12.6. The second-order valence-electron chi connectivity index (χ2n) is 8.77. The van der Waals surface area contributed by atoms with Crippen LogP contribution >= 0.6 is 0 Å². The molecule has 2 rings (SSSR count). The molecular formula is C19H30N2O5S. The number of nitrogens with zero attached hydrogens (tertiary/aromatic N) is 1. The van der Waals surface area contributed by atoms with E-state index in [4.69, 9.17) is 9.47 Å². The fourth-order valence-corrected chi connectivity index (χ4v) is 4.35. The van der Waals surface area contributed by atoms with Crippen molar-refractivity contribution in [1.82, 2.24) is 5.32 Å². The van der Waals surface area contributed by atoms with Crippen molar-refractivity contribution in [2.45, 2.75) is 46.6 Å². The van der Waals surface area contributed by atoms with Crippen molar-refractivity contribution < 1.29 is 22.7 Å². The molecule has 0 aliphatic carbocycles. The van der Waals surface area contributed by atoms with Crippen LogP contribution in [0.25, 0.3) is 0 Å². The van der Waals surface area contributed by atoms with Crippen molar-refractivity contribution in [3.05, 3.63) is 18.2 Å². The Kier molecular flexibility index (Phi) is 5.99. The Balaban J connectivity index is 2.19. The van der Waals surface area contributed by atoms with E-state index in [1.165, 1.54) is 0 Å². The molecule has 1 amide bonds. The zero-order valence-electron chi connectivity index (χ0n) is 17.0. The first-order valence-corrected chi connectivity index (χ1v) is 10.8. The molecule has 27 heavy (non-hydrogen) atoms. The van der Waals surface area contributed by atoms with Crippen LogP contribution in [0.4, 0.5) is 5.69 Å². The average Bonchev–Trinajstić information content (AvgIpc) is 2.48. The van der Waals surface area contributed by atoms with E-state index in [2.05, 4.69) is 26.1 Å². The van der Waals surface area contributed by atoms with Gasteiger partial charge in [-0.05, 0) is 37.8 Å². The van der Waals surface area contributed by atoms with Gasteiger partial charge in [-0.2, -0.15) is 0 Å². The number of fused-ring (bicyclic) bond motifs is 1. The minimum Gasteiger partial charge on any atom is -0.486 e. The monoisotopic (exact) mass is 398 g/mol. The lowest BCUT2D eigenvalue weighted by molar-refractivity contribution is -0.121. The third kappa shape index (κ3) is 6.30. The number of benzene rings is 1. The van der Waals surface area contributed by atoms with Crippen LogP contribution in [-0.2, 0) is 14.8 Å². The molecule has 0 radical (unpaired) electrons. The first-order chi connectivity index (χ1) is 12.3. The molecule has 0 saturated carbocycles. The number of hydrogen-bond acceptors (Lipinski definition) is 5. The quantitative estimate of drug-likeness (QED) is 0.796. The maximum absolute atomic E-state index is 12.6. The van der Waals surface area contributed by atoms with Crippen LogP contribution in [0.3, 0.4) is 0 Å². The number of ether oxygens (including phenoxy) is 2. The summed E-state index contributed by atoms with van der Waals surface area (Å²) >= 11 is 0. The summed E-state index contributed by atoms with van der Waals surface area (Å²) in [6, 6.07) is 4.86. The highest BCUT2D eigenvalue weighted by molar-refractivity contribution is 7.92. The molecule has 8 heteroatoms. The number of sulfonamides is 1. The van der Waals surface area contributed by atoms with Crippen LogP contribution in [0, 0.1) is 5.41 Å². The zero-order chi connectivity index (χ0) is 20.5. The molecule has 0 aromatic heterocycles. The molecule has 152 valence electrons. The predicted molar refractivity (Wildman–Crippen MR) is 106 cm³/mol. The molecule has 1 aromatic carbocycles. The summed E-state index contributed by atoms with van der Waals surface area (Å²) in [7, 11) is -3.65. The summed E-state index contributed by atoms with van der Waals surface area (Å²) in [5, 5.41) is 2.95. The molecule has 0 spiro atoms. The molecule has 0 atom stereocenters. The molecule has 1 aliphatic heterocycles. The molecule has 0 fully saturated rings. The van der Waals surface area contributed by atoms with Crippen LogP contribution in [0.2, 0.25) is 0 Å². The van der Waals surface area contributed by atoms with Crippen LogP contribution in [0.1, 0.15) is 41.0 Å². The summed E-state index contributed by atoms with van der Waals surface area (Å²) in [5.41, 5.74) is -0.0560. The van der Waals surface area contributed by atoms with Gasteiger partial charge in [0.05, 0.1) is 11.9 Å². The van der Waals surface area contributed by atoms with Crippen molar-refractivity contribution in [2.24, 2.45) is 5.41 Å². The van der Waals surface area contributed by atoms with E-state index in [9.17, 15) is 13.2 Å². The SMILES string of the molecule is CC(C)(C)CC(C)(C)NC(=O)CN(c1ccc2c(c1)OCCO2)S(C)(=O)=O. The largest absolute Gasteiger partial charge is 0.486 e. The standard InChI is InChI=1S/C19H30N2O5S/c1-18(2,3)13-19(4,5)20-17(22)12-21(27(6,23)24)14-7-8-15-16(11-14)26-10-9-25-15/h7-8,11H,9-10,12-13H2,1-6H3,(H,20,22). The van der Waals surface area contributed by atoms with E-state index in [1.807, 2.05) is 13.8 Å². The first kappa shape index (κ1) is 21.3. The molecule has 1 heterocycles. The molecule has 0 unspecified atom stereocenters. The molecule has 1 aliphatic rings. The Labute approximate surface area is 162 Å². The number of carbonyl (C=O) groups excluding carboxylic acids is 1. The van der Waals surface area contributed by atoms with E-state index >= 15 is 0 Å². The van der Waals surface area contributed by atoms with Crippen molar-refractivity contribution >= 4 is 21.6 Å². The molecule has 7 nitrogen and oxygen atoms in total. The highest BCUT2D eigenvalue weighted by atomic mass is 32.2. The van der Waals surface area contributed by atoms with Gasteiger partial charge < -0.3 is 14.8 Å². The normalized spacial score (nSPS) is 14.6. The fraction of sp³-hybridized carbons (Fsp3) is 0.632. The zero-order valence-corrected chi connectivity index (χ0v) is 17.8. The summed E-state index contributed by atoms with van der Waals surface area (Å²) in [5.74, 6) is 0.680. The maximum Gasteiger partial charge on any atom is 0.241 e. The molecule has 1 aromatic rings. The molecule has 1 N–H and O–H groups in total. The van der Waals surface area contributed by atoms with Gasteiger partial charge in [0.15, 0.2) is 11.5 Å². The van der Waals surface area contributed by atoms with Gasteiger partial charge in [-0.25, -0.2) is 8.42 Å². The van der Waals surface area contributed by atoms with Gasteiger partial charge in [-0.1, -0.05) is 20.8 Å². The summed E-state index contributed by atoms with van der Waals surface area (Å²) in [6.45, 7) is 10.7. The third-order valence-corrected chi connectivity index (χ3v) is 5.09. The number of anilines is 1. The molecular weight excluding hydrogens is 368 g/mol. The van der Waals surface area contributed by atoms with Crippen molar-refractivity contribution in [3.8, 4) is 11.5 Å². The number of rotatable bonds is 6. The second-order valence-corrected chi connectivity index (χ2v) is 10.7. The van der Waals surface area contributed by atoms with Gasteiger partial charge in [-0.15, -0.1) is 0 Å².